The first-order valence-corrected chi connectivity index (χ1v) is 7.22. The van der Waals surface area contributed by atoms with Crippen LogP contribution in [-0.2, 0) is 19.1 Å². The Kier molecular flexibility index (Phi) is 7.02. The van der Waals surface area contributed by atoms with Crippen LogP contribution in [0.5, 0.6) is 0 Å². The van der Waals surface area contributed by atoms with Crippen molar-refractivity contribution in [2.24, 2.45) is 5.41 Å². The van der Waals surface area contributed by atoms with Gasteiger partial charge in [0.05, 0.1) is 12.6 Å². The molecule has 0 rings (SSSR count). The molecule has 0 aliphatic rings. The second kappa shape index (κ2) is 7.58. The molecule has 0 aromatic rings. The highest BCUT2D eigenvalue weighted by atomic mass is 16.6. The predicted octanol–water partition coefficient (Wildman–Crippen LogP) is 0.922. The van der Waals surface area contributed by atoms with Gasteiger partial charge in [0.2, 0.25) is 5.91 Å². The van der Waals surface area contributed by atoms with E-state index in [2.05, 4.69) is 10.6 Å². The van der Waals surface area contributed by atoms with Gasteiger partial charge >= 0.3 is 11.9 Å². The summed E-state index contributed by atoms with van der Waals surface area (Å²) in [7, 11) is 0. The van der Waals surface area contributed by atoms with Gasteiger partial charge in [-0.1, -0.05) is 20.8 Å². The fourth-order valence-electron chi connectivity index (χ4n) is 1.62. The number of nitrogens with one attached hydrogen (secondary N) is 2. The molecule has 7 heteroatoms. The fraction of sp³-hybridized carbons (Fsp3) is 0.800. The van der Waals surface area contributed by atoms with E-state index in [4.69, 9.17) is 4.74 Å². The second-order valence-electron chi connectivity index (χ2n) is 7.33. The molecule has 0 aromatic heterocycles. The molecule has 2 atom stereocenters. The number of amides is 1. The van der Waals surface area contributed by atoms with E-state index < -0.39 is 40.9 Å². The van der Waals surface area contributed by atoms with Crippen LogP contribution in [0.15, 0.2) is 0 Å². The quantitative estimate of drug-likeness (QED) is 0.629. The van der Waals surface area contributed by atoms with Crippen LogP contribution in [0.3, 0.4) is 0 Å². The summed E-state index contributed by atoms with van der Waals surface area (Å²) in [5, 5.41) is 14.4. The van der Waals surface area contributed by atoms with Gasteiger partial charge in [-0.3, -0.25) is 14.9 Å². The average molecular weight is 316 g/mol. The normalized spacial score (nSPS) is 14.9. The van der Waals surface area contributed by atoms with Gasteiger partial charge in [0.15, 0.2) is 0 Å². The Morgan fingerprint density at radius 3 is 1.95 bits per heavy atom. The molecule has 0 aliphatic heterocycles. The molecule has 0 saturated heterocycles. The molecule has 0 spiro atoms. The van der Waals surface area contributed by atoms with Gasteiger partial charge < -0.3 is 15.2 Å². The Hall–Kier alpha value is -1.63. The van der Waals surface area contributed by atoms with E-state index in [0.717, 1.165) is 0 Å². The third-order valence-electron chi connectivity index (χ3n) is 2.77. The Morgan fingerprint density at radius 2 is 1.59 bits per heavy atom. The first-order chi connectivity index (χ1) is 9.74. The molecular formula is C15H28N2O5. The molecule has 0 aliphatic carbocycles. The van der Waals surface area contributed by atoms with Gasteiger partial charge in [-0.25, -0.2) is 4.79 Å². The van der Waals surface area contributed by atoms with Crippen molar-refractivity contribution in [3.05, 3.63) is 0 Å². The molecular weight excluding hydrogens is 288 g/mol. The van der Waals surface area contributed by atoms with Crippen molar-refractivity contribution in [3.63, 3.8) is 0 Å². The van der Waals surface area contributed by atoms with E-state index in [0.29, 0.717) is 0 Å². The van der Waals surface area contributed by atoms with Crippen LogP contribution in [0, 0.1) is 5.41 Å². The molecule has 0 aromatic carbocycles. The maximum atomic E-state index is 12.0. The van der Waals surface area contributed by atoms with Gasteiger partial charge in [-0.05, 0) is 33.1 Å². The monoisotopic (exact) mass is 316 g/mol. The fourth-order valence-corrected chi connectivity index (χ4v) is 1.62. The summed E-state index contributed by atoms with van der Waals surface area (Å²) in [6, 6.07) is -1.72. The summed E-state index contributed by atoms with van der Waals surface area (Å²) in [5.41, 5.74) is -1.21. The first-order valence-electron chi connectivity index (χ1n) is 7.22. The van der Waals surface area contributed by atoms with Crippen molar-refractivity contribution in [2.75, 3.05) is 6.54 Å². The zero-order chi connectivity index (χ0) is 17.7. The number of esters is 1. The highest BCUT2D eigenvalue weighted by Crippen LogP contribution is 2.19. The van der Waals surface area contributed by atoms with Crippen molar-refractivity contribution in [1.82, 2.24) is 10.6 Å². The highest BCUT2D eigenvalue weighted by Gasteiger charge is 2.33. The Morgan fingerprint density at radius 1 is 1.09 bits per heavy atom. The number of carbonyl (C=O) groups excluding carboxylic acids is 2. The van der Waals surface area contributed by atoms with Crippen molar-refractivity contribution in [1.29, 1.82) is 0 Å². The van der Waals surface area contributed by atoms with E-state index in [1.165, 1.54) is 0 Å². The molecule has 0 saturated carbocycles. The topological polar surface area (TPSA) is 105 Å². The molecule has 3 N–H and O–H groups in total. The minimum absolute atomic E-state index is 0.126. The SMILES string of the molecule is CC(NCC(=O)OC(C)(C)C)C(=O)N[C@H](C(=O)O)C(C)(C)C. The largest absolute Gasteiger partial charge is 0.480 e. The number of rotatable bonds is 6. The molecule has 7 nitrogen and oxygen atoms in total. The number of aliphatic carboxylic acids is 1. The van der Waals surface area contributed by atoms with Crippen LogP contribution in [0.25, 0.3) is 0 Å². The third-order valence-corrected chi connectivity index (χ3v) is 2.77. The van der Waals surface area contributed by atoms with E-state index in [9.17, 15) is 19.5 Å². The molecule has 0 fully saturated rings. The van der Waals surface area contributed by atoms with Gasteiger partial charge in [0.25, 0.3) is 0 Å². The summed E-state index contributed by atoms with van der Waals surface area (Å²) >= 11 is 0. The minimum atomic E-state index is -1.10. The van der Waals surface area contributed by atoms with Crippen molar-refractivity contribution >= 4 is 17.8 Å². The smallest absolute Gasteiger partial charge is 0.326 e. The first kappa shape index (κ1) is 20.4. The maximum absolute atomic E-state index is 12.0. The van der Waals surface area contributed by atoms with Crippen molar-refractivity contribution in [3.8, 4) is 0 Å². The number of carboxylic acids is 1. The molecule has 1 amide bonds. The number of ether oxygens (including phenoxy) is 1. The zero-order valence-corrected chi connectivity index (χ0v) is 14.4. The average Bonchev–Trinajstić information content (AvgIpc) is 2.28. The van der Waals surface area contributed by atoms with Crippen LogP contribution in [-0.4, -0.2) is 47.2 Å². The lowest BCUT2D eigenvalue weighted by atomic mass is 9.86. The number of hydrogen-bond donors (Lipinski definition) is 3. The van der Waals surface area contributed by atoms with E-state index >= 15 is 0 Å². The van der Waals surface area contributed by atoms with Crippen LogP contribution in [0.2, 0.25) is 0 Å². The summed E-state index contributed by atoms with van der Waals surface area (Å²) in [5.74, 6) is -2.05. The standard InChI is InChI=1S/C15H28N2O5/c1-9(16-8-10(18)22-15(5,6)7)12(19)17-11(13(20)21)14(2,3)4/h9,11,16H,8H2,1-7H3,(H,17,19)(H,20,21)/t9?,11-/m1/s1. The van der Waals surface area contributed by atoms with Gasteiger partial charge in [-0.2, -0.15) is 0 Å². The van der Waals surface area contributed by atoms with Gasteiger partial charge in [-0.15, -0.1) is 0 Å². The van der Waals surface area contributed by atoms with Crippen molar-refractivity contribution in [2.45, 2.75) is 66.2 Å². The summed E-state index contributed by atoms with van der Waals surface area (Å²) in [6.07, 6.45) is 0. The lowest BCUT2D eigenvalue weighted by molar-refractivity contribution is -0.154. The zero-order valence-electron chi connectivity index (χ0n) is 14.4. The third kappa shape index (κ3) is 7.97. The predicted molar refractivity (Wildman–Crippen MR) is 82.3 cm³/mol. The van der Waals surface area contributed by atoms with Crippen LogP contribution in [0.1, 0.15) is 48.5 Å². The second-order valence-corrected chi connectivity index (χ2v) is 7.33. The van der Waals surface area contributed by atoms with E-state index in [-0.39, 0.29) is 6.54 Å². The number of hydrogen-bond acceptors (Lipinski definition) is 5. The summed E-state index contributed by atoms with van der Waals surface area (Å²) in [4.78, 5) is 34.8. The Bertz CT molecular complexity index is 421. The molecule has 0 heterocycles. The summed E-state index contributed by atoms with van der Waals surface area (Å²) < 4.78 is 5.11. The number of carbonyl (C=O) groups is 3. The van der Waals surface area contributed by atoms with Gasteiger partial charge in [0, 0.05) is 0 Å². The molecule has 128 valence electrons. The molecule has 0 radical (unpaired) electrons. The lowest BCUT2D eigenvalue weighted by Crippen LogP contribution is -2.54. The van der Waals surface area contributed by atoms with Crippen LogP contribution in [0.4, 0.5) is 0 Å². The van der Waals surface area contributed by atoms with Crippen LogP contribution >= 0.6 is 0 Å². The Labute approximate surface area is 131 Å². The Balaban J connectivity index is 4.49. The highest BCUT2D eigenvalue weighted by molar-refractivity contribution is 5.87. The summed E-state index contributed by atoms with van der Waals surface area (Å²) in [6.45, 7) is 11.9. The molecule has 1 unspecified atom stereocenters. The molecule has 22 heavy (non-hydrogen) atoms. The number of carboxylic acid groups (broad SMARTS) is 1. The molecule has 0 bridgehead atoms. The minimum Gasteiger partial charge on any atom is -0.480 e. The maximum Gasteiger partial charge on any atom is 0.326 e. The van der Waals surface area contributed by atoms with E-state index in [1.807, 2.05) is 0 Å². The lowest BCUT2D eigenvalue weighted by Gasteiger charge is -2.29. The van der Waals surface area contributed by atoms with Crippen LogP contribution < -0.4 is 10.6 Å². The van der Waals surface area contributed by atoms with Crippen molar-refractivity contribution < 1.29 is 24.2 Å². The van der Waals surface area contributed by atoms with Gasteiger partial charge in [0.1, 0.15) is 11.6 Å². The van der Waals surface area contributed by atoms with E-state index in [1.54, 1.807) is 48.5 Å².